The Morgan fingerprint density at radius 3 is 2.37 bits per heavy atom. The zero-order valence-corrected chi connectivity index (χ0v) is 16.4. The van der Waals surface area contributed by atoms with E-state index in [9.17, 15) is 14.4 Å². The normalized spacial score (nSPS) is 20.6. The number of likely N-dealkylation sites (tertiary alicyclic amines) is 1. The van der Waals surface area contributed by atoms with Gasteiger partial charge >= 0.3 is 12.0 Å². The summed E-state index contributed by atoms with van der Waals surface area (Å²) in [5.74, 6) is -0.789. The average molecular weight is 396 g/mol. The van der Waals surface area contributed by atoms with Crippen molar-refractivity contribution in [2.45, 2.75) is 57.7 Å². The predicted molar refractivity (Wildman–Crippen MR) is 102 cm³/mol. The number of benzene rings is 1. The third-order valence-corrected chi connectivity index (χ3v) is 5.05. The summed E-state index contributed by atoms with van der Waals surface area (Å²) in [6, 6.07) is 5.56. The molecule has 148 valence electrons. The van der Waals surface area contributed by atoms with E-state index in [0.29, 0.717) is 10.6 Å². The molecule has 7 nitrogen and oxygen atoms in total. The molecule has 0 saturated carbocycles. The molecule has 3 atom stereocenters. The summed E-state index contributed by atoms with van der Waals surface area (Å²) < 4.78 is 5.16. The Kier molecular flexibility index (Phi) is 7.47. The smallest absolute Gasteiger partial charge is 0.312 e. The maximum atomic E-state index is 12.4. The molecule has 1 aliphatic rings. The number of primary amides is 1. The molecule has 1 aromatic rings. The topological polar surface area (TPSA) is 102 Å². The summed E-state index contributed by atoms with van der Waals surface area (Å²) in [5.41, 5.74) is 5.86. The van der Waals surface area contributed by atoms with Gasteiger partial charge in [0, 0.05) is 17.1 Å². The molecular formula is C19H26ClN3O4. The van der Waals surface area contributed by atoms with Gasteiger partial charge in [-0.05, 0) is 50.8 Å². The Bertz CT molecular complexity index is 670. The molecular weight excluding hydrogens is 370 g/mol. The summed E-state index contributed by atoms with van der Waals surface area (Å²) in [6.45, 7) is 3.70. The lowest BCUT2D eigenvalue weighted by Crippen LogP contribution is -2.49. The van der Waals surface area contributed by atoms with Gasteiger partial charge in [-0.15, -0.1) is 0 Å². The van der Waals surface area contributed by atoms with E-state index in [-0.39, 0.29) is 31.0 Å². The van der Waals surface area contributed by atoms with Crippen molar-refractivity contribution in [1.82, 2.24) is 10.2 Å². The highest BCUT2D eigenvalue weighted by Crippen LogP contribution is 2.23. The van der Waals surface area contributed by atoms with Crippen molar-refractivity contribution in [3.8, 4) is 0 Å². The minimum Gasteiger partial charge on any atom is -0.455 e. The highest BCUT2D eigenvalue weighted by atomic mass is 35.5. The van der Waals surface area contributed by atoms with Crippen LogP contribution in [0.2, 0.25) is 5.02 Å². The van der Waals surface area contributed by atoms with Gasteiger partial charge in [0.2, 0.25) is 0 Å². The molecule has 1 fully saturated rings. The minimum absolute atomic E-state index is 0.136. The summed E-state index contributed by atoms with van der Waals surface area (Å²) in [6.07, 6.45) is 2.85. The van der Waals surface area contributed by atoms with E-state index in [1.54, 1.807) is 29.2 Å². The molecule has 0 aliphatic carbocycles. The molecule has 0 radical (unpaired) electrons. The number of hydrogen-bond acceptors (Lipinski definition) is 4. The average Bonchev–Trinajstić information content (AvgIpc) is 2.59. The third-order valence-electron chi connectivity index (χ3n) is 4.80. The molecule has 0 bridgehead atoms. The highest BCUT2D eigenvalue weighted by Gasteiger charge is 2.29. The molecule has 0 unspecified atom stereocenters. The first-order valence-electron chi connectivity index (χ1n) is 9.06. The lowest BCUT2D eigenvalue weighted by molar-refractivity contribution is -0.155. The van der Waals surface area contributed by atoms with Crippen molar-refractivity contribution in [2.24, 2.45) is 5.73 Å². The Labute approximate surface area is 164 Å². The molecule has 3 N–H and O–H groups in total. The maximum absolute atomic E-state index is 12.4. The lowest BCUT2D eigenvalue weighted by Gasteiger charge is -2.38. The van der Waals surface area contributed by atoms with Crippen molar-refractivity contribution in [3.05, 3.63) is 34.9 Å². The number of rotatable bonds is 6. The predicted octanol–water partition coefficient (Wildman–Crippen LogP) is 2.77. The number of carbonyl (C=O) groups is 3. The standard InChI is InChI=1S/C19H26ClN3O4/c1-12-4-3-5-13(2)23(12)17(24)11-27-18(25)10-16(22-19(21)26)14-6-8-15(20)9-7-14/h6-9,12-13,16H,3-5,10-11H2,1-2H3,(H3,21,22,26)/t12-,13-,16-/m0/s1. The minimum atomic E-state index is -0.755. The van der Waals surface area contributed by atoms with Gasteiger partial charge in [-0.2, -0.15) is 0 Å². The molecule has 1 aromatic carbocycles. The van der Waals surface area contributed by atoms with Gasteiger partial charge in [-0.1, -0.05) is 23.7 Å². The highest BCUT2D eigenvalue weighted by molar-refractivity contribution is 6.30. The number of ether oxygens (including phenoxy) is 1. The van der Waals surface area contributed by atoms with Crippen molar-refractivity contribution in [3.63, 3.8) is 0 Å². The number of hydrogen-bond donors (Lipinski definition) is 2. The lowest BCUT2D eigenvalue weighted by atomic mass is 9.97. The van der Waals surface area contributed by atoms with E-state index in [1.165, 1.54) is 0 Å². The number of amides is 3. The molecule has 1 heterocycles. The summed E-state index contributed by atoms with van der Waals surface area (Å²) >= 11 is 5.86. The summed E-state index contributed by atoms with van der Waals surface area (Å²) in [7, 11) is 0. The van der Waals surface area contributed by atoms with E-state index in [4.69, 9.17) is 22.1 Å². The number of esters is 1. The molecule has 0 spiro atoms. The van der Waals surface area contributed by atoms with Gasteiger partial charge in [0.15, 0.2) is 6.61 Å². The van der Waals surface area contributed by atoms with E-state index >= 15 is 0 Å². The number of nitrogens with one attached hydrogen (secondary N) is 1. The van der Waals surface area contributed by atoms with Crippen molar-refractivity contribution < 1.29 is 19.1 Å². The molecule has 8 heteroatoms. The third kappa shape index (κ3) is 6.13. The van der Waals surface area contributed by atoms with Gasteiger partial charge in [-0.25, -0.2) is 4.79 Å². The number of nitrogens with zero attached hydrogens (tertiary/aromatic N) is 1. The van der Waals surface area contributed by atoms with Gasteiger partial charge < -0.3 is 20.7 Å². The van der Waals surface area contributed by atoms with Gasteiger partial charge in [0.25, 0.3) is 5.91 Å². The van der Waals surface area contributed by atoms with E-state index in [1.807, 2.05) is 13.8 Å². The molecule has 0 aromatic heterocycles. The fraction of sp³-hybridized carbons (Fsp3) is 0.526. The fourth-order valence-corrected chi connectivity index (χ4v) is 3.60. The van der Waals surface area contributed by atoms with E-state index in [2.05, 4.69) is 5.32 Å². The Morgan fingerprint density at radius 1 is 1.22 bits per heavy atom. The number of nitrogens with two attached hydrogens (primary N) is 1. The maximum Gasteiger partial charge on any atom is 0.312 e. The molecule has 2 rings (SSSR count). The van der Waals surface area contributed by atoms with Crippen molar-refractivity contribution >= 4 is 29.5 Å². The van der Waals surface area contributed by atoms with Crippen molar-refractivity contribution in [1.29, 1.82) is 0 Å². The number of piperidine rings is 1. The zero-order valence-electron chi connectivity index (χ0n) is 15.6. The van der Waals surface area contributed by atoms with Crippen LogP contribution in [0.1, 0.15) is 51.1 Å². The van der Waals surface area contributed by atoms with Gasteiger partial charge in [0.05, 0.1) is 12.5 Å². The van der Waals surface area contributed by atoms with Crippen LogP contribution in [-0.4, -0.2) is 41.5 Å². The van der Waals surface area contributed by atoms with Crippen LogP contribution in [0.25, 0.3) is 0 Å². The second kappa shape index (κ2) is 9.60. The van der Waals surface area contributed by atoms with Crippen LogP contribution in [0.15, 0.2) is 24.3 Å². The first-order chi connectivity index (χ1) is 12.8. The van der Waals surface area contributed by atoms with E-state index in [0.717, 1.165) is 19.3 Å². The van der Waals surface area contributed by atoms with E-state index < -0.39 is 18.0 Å². The number of urea groups is 1. The van der Waals surface area contributed by atoms with Crippen LogP contribution < -0.4 is 11.1 Å². The number of halogens is 1. The molecule has 1 aliphatic heterocycles. The monoisotopic (exact) mass is 395 g/mol. The summed E-state index contributed by atoms with van der Waals surface area (Å²) in [4.78, 5) is 37.7. The van der Waals surface area contributed by atoms with Crippen LogP contribution in [0.5, 0.6) is 0 Å². The SMILES string of the molecule is C[C@H]1CCC[C@H](C)N1C(=O)COC(=O)C[C@H](NC(N)=O)c1ccc(Cl)cc1. The Balaban J connectivity index is 1.94. The van der Waals surface area contributed by atoms with Crippen LogP contribution in [0, 0.1) is 0 Å². The van der Waals surface area contributed by atoms with Crippen LogP contribution in [0.3, 0.4) is 0 Å². The summed E-state index contributed by atoms with van der Waals surface area (Å²) in [5, 5.41) is 3.05. The van der Waals surface area contributed by atoms with Crippen LogP contribution >= 0.6 is 11.6 Å². The van der Waals surface area contributed by atoms with Crippen LogP contribution in [-0.2, 0) is 14.3 Å². The molecule has 3 amide bonds. The van der Waals surface area contributed by atoms with Gasteiger partial charge in [0.1, 0.15) is 0 Å². The Hall–Kier alpha value is -2.28. The quantitative estimate of drug-likeness (QED) is 0.723. The fourth-order valence-electron chi connectivity index (χ4n) is 3.47. The number of carbonyl (C=O) groups excluding carboxylic acids is 3. The second-order valence-corrected chi connectivity index (χ2v) is 7.34. The van der Waals surface area contributed by atoms with Crippen LogP contribution in [0.4, 0.5) is 4.79 Å². The molecule has 1 saturated heterocycles. The Morgan fingerprint density at radius 2 is 1.81 bits per heavy atom. The second-order valence-electron chi connectivity index (χ2n) is 6.91. The first-order valence-corrected chi connectivity index (χ1v) is 9.44. The first kappa shape index (κ1) is 21.0. The van der Waals surface area contributed by atoms with Crippen molar-refractivity contribution in [2.75, 3.05) is 6.61 Å². The zero-order chi connectivity index (χ0) is 20.0. The molecule has 27 heavy (non-hydrogen) atoms. The van der Waals surface area contributed by atoms with Gasteiger partial charge in [-0.3, -0.25) is 9.59 Å². The largest absolute Gasteiger partial charge is 0.455 e.